The molecule has 1 aromatic carbocycles. The Hall–Kier alpha value is -1.59. The van der Waals surface area contributed by atoms with E-state index >= 15 is 0 Å². The Morgan fingerprint density at radius 1 is 1.30 bits per heavy atom. The van der Waals surface area contributed by atoms with Crippen LogP contribution >= 0.6 is 27.5 Å². The van der Waals surface area contributed by atoms with E-state index in [4.69, 9.17) is 21.1 Å². The van der Waals surface area contributed by atoms with Gasteiger partial charge in [-0.3, -0.25) is 4.98 Å². The number of hydrogen-bond acceptors (Lipinski definition) is 4. The number of nitrogens with zero attached hydrogens (tertiary/aromatic N) is 1. The van der Waals surface area contributed by atoms with Crippen LogP contribution in [-0.2, 0) is 16.0 Å². The Bertz CT molecular complexity index is 641. The van der Waals surface area contributed by atoms with E-state index in [1.54, 1.807) is 18.5 Å². The number of aryl methyl sites for hydroxylation is 2. The third-order valence-corrected chi connectivity index (χ3v) is 3.89. The molecule has 0 aliphatic heterocycles. The molecule has 0 saturated heterocycles. The zero-order valence-electron chi connectivity index (χ0n) is 12.7. The SMILES string of the molecule is Cc1cc(Br)cc(Cl)c1OCC(=O)OCCCc1ccncc1. The van der Waals surface area contributed by atoms with Gasteiger partial charge in [-0.2, -0.15) is 0 Å². The van der Waals surface area contributed by atoms with Crippen LogP contribution < -0.4 is 4.74 Å². The van der Waals surface area contributed by atoms with Crippen molar-refractivity contribution in [2.75, 3.05) is 13.2 Å². The quantitative estimate of drug-likeness (QED) is 0.513. The van der Waals surface area contributed by atoms with Crippen LogP contribution in [0.5, 0.6) is 5.75 Å². The van der Waals surface area contributed by atoms with Gasteiger partial charge in [0, 0.05) is 16.9 Å². The monoisotopic (exact) mass is 397 g/mol. The molecule has 6 heteroatoms. The van der Waals surface area contributed by atoms with E-state index < -0.39 is 5.97 Å². The summed E-state index contributed by atoms with van der Waals surface area (Å²) >= 11 is 9.45. The van der Waals surface area contributed by atoms with Crippen LogP contribution in [0.15, 0.2) is 41.1 Å². The van der Waals surface area contributed by atoms with Crippen molar-refractivity contribution in [3.05, 3.63) is 57.3 Å². The molecule has 0 radical (unpaired) electrons. The van der Waals surface area contributed by atoms with Gasteiger partial charge in [-0.1, -0.05) is 27.5 Å². The average molecular weight is 399 g/mol. The van der Waals surface area contributed by atoms with Crippen LogP contribution in [-0.4, -0.2) is 24.2 Å². The second kappa shape index (κ2) is 8.89. The number of pyridine rings is 1. The van der Waals surface area contributed by atoms with Gasteiger partial charge in [0.1, 0.15) is 5.75 Å². The number of carbonyl (C=O) groups excluding carboxylic acids is 1. The first-order valence-corrected chi connectivity index (χ1v) is 8.36. The molecule has 0 amide bonds. The maximum Gasteiger partial charge on any atom is 0.344 e. The van der Waals surface area contributed by atoms with E-state index in [2.05, 4.69) is 20.9 Å². The lowest BCUT2D eigenvalue weighted by molar-refractivity contribution is -0.146. The van der Waals surface area contributed by atoms with Crippen molar-refractivity contribution >= 4 is 33.5 Å². The van der Waals surface area contributed by atoms with E-state index in [1.165, 1.54) is 5.56 Å². The first kappa shape index (κ1) is 17.8. The molecule has 0 aliphatic rings. The molecule has 122 valence electrons. The van der Waals surface area contributed by atoms with Crippen LogP contribution in [0.3, 0.4) is 0 Å². The summed E-state index contributed by atoms with van der Waals surface area (Å²) in [6, 6.07) is 7.50. The Morgan fingerprint density at radius 2 is 2.04 bits per heavy atom. The maximum absolute atomic E-state index is 11.7. The minimum absolute atomic E-state index is 0.155. The highest BCUT2D eigenvalue weighted by molar-refractivity contribution is 9.10. The number of rotatable bonds is 7. The average Bonchev–Trinajstić information content (AvgIpc) is 2.51. The molecule has 0 atom stereocenters. The van der Waals surface area contributed by atoms with Crippen LogP contribution in [0.4, 0.5) is 0 Å². The lowest BCUT2D eigenvalue weighted by atomic mass is 10.1. The lowest BCUT2D eigenvalue weighted by Gasteiger charge is -2.11. The third kappa shape index (κ3) is 5.84. The largest absolute Gasteiger partial charge is 0.480 e. The van der Waals surface area contributed by atoms with Crippen molar-refractivity contribution in [1.82, 2.24) is 4.98 Å². The predicted molar refractivity (Wildman–Crippen MR) is 92.9 cm³/mol. The number of hydrogen-bond donors (Lipinski definition) is 0. The first-order chi connectivity index (χ1) is 11.1. The van der Waals surface area contributed by atoms with Gasteiger partial charge >= 0.3 is 5.97 Å². The fourth-order valence-corrected chi connectivity index (χ4v) is 3.08. The Labute approximate surface area is 148 Å². The Balaban J connectivity index is 1.71. The molecule has 0 spiro atoms. The Morgan fingerprint density at radius 3 is 2.74 bits per heavy atom. The molecule has 0 saturated carbocycles. The second-order valence-corrected chi connectivity index (χ2v) is 6.32. The van der Waals surface area contributed by atoms with Crippen molar-refractivity contribution in [2.45, 2.75) is 19.8 Å². The van der Waals surface area contributed by atoms with E-state index in [-0.39, 0.29) is 6.61 Å². The fourth-order valence-electron chi connectivity index (χ4n) is 2.06. The minimum Gasteiger partial charge on any atom is -0.480 e. The second-order valence-electron chi connectivity index (χ2n) is 5.00. The van der Waals surface area contributed by atoms with E-state index in [1.807, 2.05) is 25.1 Å². The van der Waals surface area contributed by atoms with Gasteiger partial charge in [-0.25, -0.2) is 4.79 Å². The lowest BCUT2D eigenvalue weighted by Crippen LogP contribution is -2.16. The summed E-state index contributed by atoms with van der Waals surface area (Å²) in [5.41, 5.74) is 2.03. The van der Waals surface area contributed by atoms with E-state index in [0.29, 0.717) is 17.4 Å². The van der Waals surface area contributed by atoms with Crippen LogP contribution in [0, 0.1) is 6.92 Å². The summed E-state index contributed by atoms with van der Waals surface area (Å²) in [6.45, 7) is 2.07. The van der Waals surface area contributed by atoms with E-state index in [0.717, 1.165) is 22.9 Å². The van der Waals surface area contributed by atoms with Gasteiger partial charge in [0.2, 0.25) is 0 Å². The number of carbonyl (C=O) groups is 1. The van der Waals surface area contributed by atoms with Crippen molar-refractivity contribution in [3.8, 4) is 5.75 Å². The summed E-state index contributed by atoms with van der Waals surface area (Å²) in [5.74, 6) is 0.0988. The van der Waals surface area contributed by atoms with Crippen molar-refractivity contribution in [1.29, 1.82) is 0 Å². The molecule has 2 aromatic rings. The molecule has 4 nitrogen and oxygen atoms in total. The summed E-state index contributed by atoms with van der Waals surface area (Å²) in [6.07, 6.45) is 5.10. The molecule has 0 bridgehead atoms. The van der Waals surface area contributed by atoms with Crippen LogP contribution in [0.2, 0.25) is 5.02 Å². The van der Waals surface area contributed by atoms with Gasteiger partial charge in [-0.05, 0) is 55.2 Å². The molecular formula is C17H17BrClNO3. The smallest absolute Gasteiger partial charge is 0.344 e. The van der Waals surface area contributed by atoms with Gasteiger partial charge in [0.15, 0.2) is 6.61 Å². The number of esters is 1. The molecule has 1 aromatic heterocycles. The standard InChI is InChI=1S/C17H17BrClNO3/c1-12-9-14(18)10-15(19)17(12)23-11-16(21)22-8-2-3-13-4-6-20-7-5-13/h4-7,9-10H,2-3,8,11H2,1H3. The molecule has 0 N–H and O–H groups in total. The van der Waals surface area contributed by atoms with Gasteiger partial charge in [0.05, 0.1) is 11.6 Å². The molecule has 0 aliphatic carbocycles. The Kier molecular flexibility index (Phi) is 6.86. The molecule has 0 fully saturated rings. The summed E-state index contributed by atoms with van der Waals surface area (Å²) in [7, 11) is 0. The summed E-state index contributed by atoms with van der Waals surface area (Å²) < 4.78 is 11.5. The summed E-state index contributed by atoms with van der Waals surface area (Å²) in [5, 5.41) is 0.461. The van der Waals surface area contributed by atoms with Crippen LogP contribution in [0.1, 0.15) is 17.5 Å². The molecule has 0 unspecified atom stereocenters. The molecule has 23 heavy (non-hydrogen) atoms. The highest BCUT2D eigenvalue weighted by Crippen LogP contribution is 2.31. The van der Waals surface area contributed by atoms with Crippen molar-refractivity contribution < 1.29 is 14.3 Å². The van der Waals surface area contributed by atoms with Crippen molar-refractivity contribution in [3.63, 3.8) is 0 Å². The van der Waals surface area contributed by atoms with Gasteiger partial charge < -0.3 is 9.47 Å². The maximum atomic E-state index is 11.7. The summed E-state index contributed by atoms with van der Waals surface area (Å²) in [4.78, 5) is 15.7. The zero-order valence-corrected chi connectivity index (χ0v) is 15.1. The highest BCUT2D eigenvalue weighted by atomic mass is 79.9. The number of ether oxygens (including phenoxy) is 2. The van der Waals surface area contributed by atoms with E-state index in [9.17, 15) is 4.79 Å². The normalized spacial score (nSPS) is 10.4. The topological polar surface area (TPSA) is 48.4 Å². The zero-order chi connectivity index (χ0) is 16.7. The van der Waals surface area contributed by atoms with Gasteiger partial charge in [-0.15, -0.1) is 0 Å². The highest BCUT2D eigenvalue weighted by Gasteiger charge is 2.10. The van der Waals surface area contributed by atoms with Crippen molar-refractivity contribution in [2.24, 2.45) is 0 Å². The number of benzene rings is 1. The number of aromatic nitrogens is 1. The molecule has 2 rings (SSSR count). The fraction of sp³-hybridized carbons (Fsp3) is 0.294. The molecule has 1 heterocycles. The molecular weight excluding hydrogens is 382 g/mol. The van der Waals surface area contributed by atoms with Gasteiger partial charge in [0.25, 0.3) is 0 Å². The third-order valence-electron chi connectivity index (χ3n) is 3.15. The predicted octanol–water partition coefficient (Wildman–Crippen LogP) is 4.36. The first-order valence-electron chi connectivity index (χ1n) is 7.19. The van der Waals surface area contributed by atoms with Crippen LogP contribution in [0.25, 0.3) is 0 Å². The number of halogens is 2. The minimum atomic E-state index is -0.405.